The molecule has 23 heavy (non-hydrogen) atoms. The zero-order valence-corrected chi connectivity index (χ0v) is 13.0. The monoisotopic (exact) mass is 326 g/mol. The SMILES string of the molecule is O=[N+]([O-])c1ccccc1[C@@H]1Nc2ccc(Cl)cc2[C@H]2C=CC[C@H]21. The van der Waals surface area contributed by atoms with Crippen LogP contribution in [0.5, 0.6) is 0 Å². The maximum absolute atomic E-state index is 11.4. The summed E-state index contributed by atoms with van der Waals surface area (Å²) in [5.41, 5.74) is 3.10. The van der Waals surface area contributed by atoms with Crippen molar-refractivity contribution in [2.45, 2.75) is 18.4 Å². The van der Waals surface area contributed by atoms with Crippen LogP contribution in [0.1, 0.15) is 29.5 Å². The van der Waals surface area contributed by atoms with E-state index in [0.717, 1.165) is 17.7 Å². The Bertz CT molecular complexity index is 818. The number of halogens is 1. The first-order valence-corrected chi connectivity index (χ1v) is 7.99. The van der Waals surface area contributed by atoms with E-state index >= 15 is 0 Å². The first-order valence-electron chi connectivity index (χ1n) is 7.61. The molecular weight excluding hydrogens is 312 g/mol. The van der Waals surface area contributed by atoms with E-state index in [1.807, 2.05) is 30.3 Å². The summed E-state index contributed by atoms with van der Waals surface area (Å²) in [7, 11) is 0. The normalized spacial score (nSPS) is 24.7. The fraction of sp³-hybridized carbons (Fsp3) is 0.222. The molecule has 0 amide bonds. The lowest BCUT2D eigenvalue weighted by Crippen LogP contribution is -2.29. The molecule has 0 spiro atoms. The molecule has 1 N–H and O–H groups in total. The summed E-state index contributed by atoms with van der Waals surface area (Å²) in [6.45, 7) is 0. The Morgan fingerprint density at radius 3 is 2.83 bits per heavy atom. The third kappa shape index (κ3) is 2.30. The predicted molar refractivity (Wildman–Crippen MR) is 90.9 cm³/mol. The third-order valence-corrected chi connectivity index (χ3v) is 5.03. The van der Waals surface area contributed by atoms with Gasteiger partial charge in [0.1, 0.15) is 0 Å². The molecule has 1 heterocycles. The van der Waals surface area contributed by atoms with Gasteiger partial charge in [-0.2, -0.15) is 0 Å². The summed E-state index contributed by atoms with van der Waals surface area (Å²) in [5, 5.41) is 15.6. The van der Waals surface area contributed by atoms with Crippen LogP contribution < -0.4 is 5.32 Å². The number of anilines is 1. The summed E-state index contributed by atoms with van der Waals surface area (Å²) in [5.74, 6) is 0.511. The smallest absolute Gasteiger partial charge is 0.274 e. The van der Waals surface area contributed by atoms with Crippen LogP contribution in [-0.2, 0) is 0 Å². The topological polar surface area (TPSA) is 55.2 Å². The molecule has 0 saturated carbocycles. The maximum atomic E-state index is 11.4. The zero-order valence-electron chi connectivity index (χ0n) is 12.3. The first-order chi connectivity index (χ1) is 11.1. The van der Waals surface area contributed by atoms with Gasteiger partial charge in [0.25, 0.3) is 5.69 Å². The molecule has 0 unspecified atom stereocenters. The number of nitro benzene ring substituents is 1. The highest BCUT2D eigenvalue weighted by Gasteiger charge is 2.40. The third-order valence-electron chi connectivity index (χ3n) is 4.79. The van der Waals surface area contributed by atoms with Crippen LogP contribution in [0.2, 0.25) is 5.02 Å². The molecule has 0 saturated heterocycles. The van der Waals surface area contributed by atoms with Crippen molar-refractivity contribution in [1.82, 2.24) is 0 Å². The van der Waals surface area contributed by atoms with Crippen LogP contribution in [0.3, 0.4) is 0 Å². The van der Waals surface area contributed by atoms with Crippen molar-refractivity contribution in [2.24, 2.45) is 5.92 Å². The summed E-state index contributed by atoms with van der Waals surface area (Å²) in [4.78, 5) is 11.1. The Hall–Kier alpha value is -2.33. The highest BCUT2D eigenvalue weighted by Crippen LogP contribution is 2.51. The minimum atomic E-state index is -0.300. The number of benzene rings is 2. The average Bonchev–Trinajstić information content (AvgIpc) is 3.04. The van der Waals surface area contributed by atoms with Crippen molar-refractivity contribution >= 4 is 23.0 Å². The number of fused-ring (bicyclic) bond motifs is 3. The van der Waals surface area contributed by atoms with Gasteiger partial charge in [0.05, 0.1) is 16.5 Å². The lowest BCUT2D eigenvalue weighted by molar-refractivity contribution is -0.385. The van der Waals surface area contributed by atoms with Crippen LogP contribution in [0.25, 0.3) is 0 Å². The Balaban J connectivity index is 1.83. The Morgan fingerprint density at radius 2 is 2.00 bits per heavy atom. The van der Waals surface area contributed by atoms with Crippen LogP contribution in [-0.4, -0.2) is 4.92 Å². The van der Waals surface area contributed by atoms with Gasteiger partial charge >= 0.3 is 0 Å². The maximum Gasteiger partial charge on any atom is 0.274 e. The largest absolute Gasteiger partial charge is 0.377 e. The Kier molecular flexibility index (Phi) is 3.34. The number of para-hydroxylation sites is 1. The molecule has 1 aliphatic heterocycles. The lowest BCUT2D eigenvalue weighted by atomic mass is 9.76. The van der Waals surface area contributed by atoms with E-state index in [1.54, 1.807) is 12.1 Å². The summed E-state index contributed by atoms with van der Waals surface area (Å²) < 4.78 is 0. The van der Waals surface area contributed by atoms with Crippen molar-refractivity contribution < 1.29 is 4.92 Å². The molecular formula is C18H15ClN2O2. The molecule has 0 radical (unpaired) electrons. The van der Waals surface area contributed by atoms with E-state index in [4.69, 9.17) is 11.6 Å². The predicted octanol–water partition coefficient (Wildman–Crippen LogP) is 5.07. The molecule has 4 nitrogen and oxygen atoms in total. The lowest BCUT2D eigenvalue weighted by Gasteiger charge is -2.37. The number of nitro groups is 1. The Morgan fingerprint density at radius 1 is 1.17 bits per heavy atom. The van der Waals surface area contributed by atoms with Gasteiger partial charge in [-0.05, 0) is 36.1 Å². The Labute approximate surface area is 138 Å². The van der Waals surface area contributed by atoms with E-state index < -0.39 is 0 Å². The summed E-state index contributed by atoms with van der Waals surface area (Å²) in [6, 6.07) is 12.7. The number of rotatable bonds is 2. The highest BCUT2D eigenvalue weighted by molar-refractivity contribution is 6.30. The molecule has 0 bridgehead atoms. The standard InChI is InChI=1S/C18H15ClN2O2/c19-11-8-9-16-15(10-11)12-5-3-6-13(12)18(20-16)14-4-1-2-7-17(14)21(22)23/h1-5,7-10,12-13,18,20H,6H2/t12-,13+,18+/m0/s1. The van der Waals surface area contributed by atoms with Gasteiger partial charge in [0, 0.05) is 22.7 Å². The van der Waals surface area contributed by atoms with Gasteiger partial charge < -0.3 is 5.32 Å². The molecule has 2 aliphatic rings. The number of hydrogen-bond donors (Lipinski definition) is 1. The van der Waals surface area contributed by atoms with Crippen LogP contribution >= 0.6 is 11.6 Å². The number of allylic oxidation sites excluding steroid dienone is 2. The van der Waals surface area contributed by atoms with Crippen LogP contribution in [0, 0.1) is 16.0 Å². The second-order valence-electron chi connectivity index (χ2n) is 6.02. The van der Waals surface area contributed by atoms with E-state index in [1.165, 1.54) is 5.56 Å². The van der Waals surface area contributed by atoms with E-state index in [-0.39, 0.29) is 28.5 Å². The van der Waals surface area contributed by atoms with Gasteiger partial charge in [-0.25, -0.2) is 0 Å². The van der Waals surface area contributed by atoms with E-state index in [9.17, 15) is 10.1 Å². The molecule has 0 aromatic heterocycles. The number of hydrogen-bond acceptors (Lipinski definition) is 3. The summed E-state index contributed by atoms with van der Waals surface area (Å²) in [6.07, 6.45) is 5.26. The quantitative estimate of drug-likeness (QED) is 0.476. The van der Waals surface area contributed by atoms with Crippen molar-refractivity contribution in [1.29, 1.82) is 0 Å². The van der Waals surface area contributed by atoms with Crippen LogP contribution in [0.15, 0.2) is 54.6 Å². The number of nitrogens with one attached hydrogen (secondary N) is 1. The van der Waals surface area contributed by atoms with Gasteiger partial charge in [-0.3, -0.25) is 10.1 Å². The molecule has 4 rings (SSSR count). The molecule has 5 heteroatoms. The minimum absolute atomic E-state index is 0.0784. The van der Waals surface area contributed by atoms with Crippen molar-refractivity contribution in [3.8, 4) is 0 Å². The fourth-order valence-electron chi connectivity index (χ4n) is 3.79. The first kappa shape index (κ1) is 14.3. The van der Waals surface area contributed by atoms with E-state index in [2.05, 4.69) is 17.5 Å². The van der Waals surface area contributed by atoms with Gasteiger partial charge in [-0.15, -0.1) is 0 Å². The number of nitrogens with zero attached hydrogens (tertiary/aromatic N) is 1. The molecule has 1 aliphatic carbocycles. The molecule has 0 fully saturated rings. The van der Waals surface area contributed by atoms with E-state index in [0.29, 0.717) is 5.02 Å². The second kappa shape index (κ2) is 5.39. The van der Waals surface area contributed by atoms with Gasteiger partial charge in [0.2, 0.25) is 0 Å². The summed E-state index contributed by atoms with van der Waals surface area (Å²) >= 11 is 6.15. The van der Waals surface area contributed by atoms with Crippen molar-refractivity contribution in [3.63, 3.8) is 0 Å². The minimum Gasteiger partial charge on any atom is -0.377 e. The highest BCUT2D eigenvalue weighted by atomic mass is 35.5. The molecule has 2 aromatic carbocycles. The molecule has 3 atom stereocenters. The van der Waals surface area contributed by atoms with Crippen molar-refractivity contribution in [2.75, 3.05) is 5.32 Å². The van der Waals surface area contributed by atoms with Crippen LogP contribution in [0.4, 0.5) is 11.4 Å². The fourth-order valence-corrected chi connectivity index (χ4v) is 3.97. The van der Waals surface area contributed by atoms with Gasteiger partial charge in [0.15, 0.2) is 0 Å². The average molecular weight is 327 g/mol. The van der Waals surface area contributed by atoms with Gasteiger partial charge in [-0.1, -0.05) is 42.0 Å². The second-order valence-corrected chi connectivity index (χ2v) is 6.46. The van der Waals surface area contributed by atoms with Crippen molar-refractivity contribution in [3.05, 3.63) is 80.9 Å². The molecule has 116 valence electrons. The zero-order chi connectivity index (χ0) is 16.0. The molecule has 2 aromatic rings.